The lowest BCUT2D eigenvalue weighted by molar-refractivity contribution is -0.783. The van der Waals surface area contributed by atoms with Crippen LogP contribution in [0.5, 0.6) is 0 Å². The number of hydroxylamine groups is 1. The first-order valence-corrected chi connectivity index (χ1v) is 5.13. The Labute approximate surface area is 94.2 Å². The van der Waals surface area contributed by atoms with Gasteiger partial charge in [-0.05, 0) is 23.8 Å². The van der Waals surface area contributed by atoms with Gasteiger partial charge in [-0.2, -0.15) is 0 Å². The molecule has 0 unspecified atom stereocenters. The summed E-state index contributed by atoms with van der Waals surface area (Å²) in [5.74, 6) is 0.634. The Balaban J connectivity index is 2.07. The zero-order valence-corrected chi connectivity index (χ0v) is 9.13. The van der Waals surface area contributed by atoms with Gasteiger partial charge in [0, 0.05) is 5.56 Å². The van der Waals surface area contributed by atoms with E-state index in [0.717, 1.165) is 10.3 Å². The average Bonchev–Trinajstić information content (AvgIpc) is 2.74. The summed E-state index contributed by atoms with van der Waals surface area (Å²) >= 11 is 0. The number of furan rings is 1. The third-order valence-electron chi connectivity index (χ3n) is 2.28. The summed E-state index contributed by atoms with van der Waals surface area (Å²) in [7, 11) is 0. The van der Waals surface area contributed by atoms with E-state index in [1.54, 1.807) is 24.6 Å². The van der Waals surface area contributed by atoms with Crippen molar-refractivity contribution in [2.45, 2.75) is 13.5 Å². The molecule has 0 aliphatic heterocycles. The molecule has 0 saturated carbocycles. The molecule has 0 spiro atoms. The van der Waals surface area contributed by atoms with Crippen molar-refractivity contribution in [3.63, 3.8) is 0 Å². The molecule has 0 aliphatic rings. The first-order valence-electron chi connectivity index (χ1n) is 5.13. The van der Waals surface area contributed by atoms with E-state index in [4.69, 9.17) is 4.42 Å². The normalized spacial score (nSPS) is 11.7. The maximum absolute atomic E-state index is 9.66. The molecular formula is C13H14NO2+. The van der Waals surface area contributed by atoms with E-state index in [-0.39, 0.29) is 0 Å². The Kier molecular flexibility index (Phi) is 3.05. The number of hydrogen-bond acceptors (Lipinski definition) is 2. The van der Waals surface area contributed by atoms with Gasteiger partial charge < -0.3 is 4.42 Å². The number of aryl methyl sites for hydroxylation is 1. The number of rotatable bonds is 3. The third-order valence-corrected chi connectivity index (χ3v) is 2.28. The van der Waals surface area contributed by atoms with Crippen molar-refractivity contribution in [1.82, 2.24) is 0 Å². The largest absolute Gasteiger partial charge is 0.459 e. The molecule has 1 aromatic heterocycles. The fourth-order valence-electron chi connectivity index (χ4n) is 1.44. The molecule has 0 bridgehead atoms. The summed E-state index contributed by atoms with van der Waals surface area (Å²) in [6.07, 6.45) is 3.13. The van der Waals surface area contributed by atoms with Gasteiger partial charge in [-0.15, -0.1) is 0 Å². The van der Waals surface area contributed by atoms with Crippen LogP contribution >= 0.6 is 0 Å². The zero-order chi connectivity index (χ0) is 11.4. The van der Waals surface area contributed by atoms with E-state index < -0.39 is 0 Å². The summed E-state index contributed by atoms with van der Waals surface area (Å²) in [5.41, 5.74) is 2.26. The van der Waals surface area contributed by atoms with Crippen LogP contribution in [0.4, 0.5) is 0 Å². The highest BCUT2D eigenvalue weighted by Crippen LogP contribution is 2.04. The molecule has 1 heterocycles. The van der Waals surface area contributed by atoms with Crippen molar-refractivity contribution >= 4 is 6.21 Å². The lowest BCUT2D eigenvalue weighted by Crippen LogP contribution is -2.08. The first-order chi connectivity index (χ1) is 7.74. The molecular weight excluding hydrogens is 202 g/mol. The maximum Gasteiger partial charge on any atom is 0.258 e. The molecule has 0 radical (unpaired) electrons. The van der Waals surface area contributed by atoms with E-state index in [2.05, 4.69) is 0 Å². The van der Waals surface area contributed by atoms with E-state index in [9.17, 15) is 5.21 Å². The van der Waals surface area contributed by atoms with Gasteiger partial charge in [0.05, 0.1) is 6.26 Å². The van der Waals surface area contributed by atoms with Gasteiger partial charge in [0.25, 0.3) is 6.21 Å². The lowest BCUT2D eigenvalue weighted by Gasteiger charge is -1.96. The Morgan fingerprint density at radius 2 is 2.00 bits per heavy atom. The molecule has 82 valence electrons. The Morgan fingerprint density at radius 3 is 2.62 bits per heavy atom. The Bertz CT molecular complexity index is 469. The van der Waals surface area contributed by atoms with Gasteiger partial charge in [0.2, 0.25) is 6.54 Å². The van der Waals surface area contributed by atoms with Crippen LogP contribution in [0.25, 0.3) is 0 Å². The second-order valence-corrected chi connectivity index (χ2v) is 3.73. The molecule has 0 fully saturated rings. The summed E-state index contributed by atoms with van der Waals surface area (Å²) in [6.45, 7) is 2.48. The highest BCUT2D eigenvalue weighted by atomic mass is 16.5. The zero-order valence-electron chi connectivity index (χ0n) is 9.13. The maximum atomic E-state index is 9.66. The molecule has 1 aromatic carbocycles. The fourth-order valence-corrected chi connectivity index (χ4v) is 1.44. The van der Waals surface area contributed by atoms with E-state index >= 15 is 0 Å². The van der Waals surface area contributed by atoms with Gasteiger partial charge in [0.1, 0.15) is 0 Å². The molecule has 16 heavy (non-hydrogen) atoms. The predicted molar refractivity (Wildman–Crippen MR) is 60.8 cm³/mol. The smallest absolute Gasteiger partial charge is 0.258 e. The van der Waals surface area contributed by atoms with Gasteiger partial charge in [-0.25, -0.2) is 0 Å². The van der Waals surface area contributed by atoms with Crippen LogP contribution in [0, 0.1) is 6.92 Å². The van der Waals surface area contributed by atoms with Crippen molar-refractivity contribution in [3.05, 3.63) is 59.5 Å². The summed E-state index contributed by atoms with van der Waals surface area (Å²) in [4.78, 5) is 0. The van der Waals surface area contributed by atoms with Crippen molar-refractivity contribution < 1.29 is 14.4 Å². The molecule has 0 aliphatic carbocycles. The number of benzene rings is 1. The van der Waals surface area contributed by atoms with E-state index in [1.807, 2.05) is 31.2 Å². The molecule has 1 N–H and O–H groups in total. The van der Waals surface area contributed by atoms with Crippen LogP contribution < -0.4 is 0 Å². The molecule has 0 atom stereocenters. The minimum atomic E-state index is 0.445. The highest BCUT2D eigenvalue weighted by molar-refractivity contribution is 5.70. The van der Waals surface area contributed by atoms with E-state index in [1.165, 1.54) is 5.56 Å². The van der Waals surface area contributed by atoms with Crippen molar-refractivity contribution in [3.8, 4) is 0 Å². The van der Waals surface area contributed by atoms with Gasteiger partial charge in [-0.1, -0.05) is 29.8 Å². The summed E-state index contributed by atoms with van der Waals surface area (Å²) in [5, 5.41) is 9.66. The molecule has 3 nitrogen and oxygen atoms in total. The molecule has 3 heteroatoms. The SMILES string of the molecule is Cc1ccc(C[N+](O)=Cc2ccco2)cc1. The second kappa shape index (κ2) is 4.66. The monoisotopic (exact) mass is 216 g/mol. The second-order valence-electron chi connectivity index (χ2n) is 3.73. The van der Waals surface area contributed by atoms with Gasteiger partial charge >= 0.3 is 0 Å². The number of hydrogen-bond donors (Lipinski definition) is 1. The highest BCUT2D eigenvalue weighted by Gasteiger charge is 2.05. The van der Waals surface area contributed by atoms with Crippen LogP contribution in [-0.2, 0) is 6.54 Å². The molecule has 2 rings (SSSR count). The van der Waals surface area contributed by atoms with Crippen molar-refractivity contribution in [2.75, 3.05) is 0 Å². The van der Waals surface area contributed by atoms with Crippen LogP contribution in [0.1, 0.15) is 16.9 Å². The topological polar surface area (TPSA) is 36.4 Å². The first kappa shape index (κ1) is 10.5. The standard InChI is InChI=1S/C13H14NO2/c1-11-4-6-12(7-5-11)9-14(15)10-13-3-2-8-16-13/h2-8,10,15H,9H2,1H3/q+1. The minimum Gasteiger partial charge on any atom is -0.459 e. The Hall–Kier alpha value is -2.03. The summed E-state index contributed by atoms with van der Waals surface area (Å²) in [6, 6.07) is 11.6. The van der Waals surface area contributed by atoms with Crippen LogP contribution in [0.15, 0.2) is 47.1 Å². The van der Waals surface area contributed by atoms with E-state index in [0.29, 0.717) is 12.3 Å². The minimum absolute atomic E-state index is 0.445. The number of nitrogens with zero attached hydrogens (tertiary/aromatic N) is 1. The van der Waals surface area contributed by atoms with Gasteiger partial charge in [-0.3, -0.25) is 5.21 Å². The van der Waals surface area contributed by atoms with Crippen LogP contribution in [0.2, 0.25) is 0 Å². The average molecular weight is 216 g/mol. The molecule has 2 aromatic rings. The third kappa shape index (κ3) is 2.73. The predicted octanol–water partition coefficient (Wildman–Crippen LogP) is 2.61. The van der Waals surface area contributed by atoms with Crippen LogP contribution in [0.3, 0.4) is 0 Å². The van der Waals surface area contributed by atoms with Gasteiger partial charge in [0.15, 0.2) is 5.76 Å². The molecule has 0 amide bonds. The van der Waals surface area contributed by atoms with Crippen molar-refractivity contribution in [1.29, 1.82) is 0 Å². The van der Waals surface area contributed by atoms with Crippen LogP contribution in [-0.4, -0.2) is 16.2 Å². The fraction of sp³-hybridized carbons (Fsp3) is 0.154. The lowest BCUT2D eigenvalue weighted by atomic mass is 10.1. The molecule has 0 saturated heterocycles. The quantitative estimate of drug-likeness (QED) is 0.370. The van der Waals surface area contributed by atoms with Crippen molar-refractivity contribution in [2.24, 2.45) is 0 Å². The summed E-state index contributed by atoms with van der Waals surface area (Å²) < 4.78 is 6.22. The Morgan fingerprint density at radius 1 is 1.25 bits per heavy atom.